The van der Waals surface area contributed by atoms with Crippen molar-refractivity contribution in [2.45, 2.75) is 0 Å². The molecule has 0 unspecified atom stereocenters. The second kappa shape index (κ2) is 7.25. The number of carbonyl (C=O) groups excluding carboxylic acids is 2. The molecule has 1 aliphatic rings. The van der Waals surface area contributed by atoms with Crippen LogP contribution in [0.15, 0.2) is 42.0 Å². The highest BCUT2D eigenvalue weighted by Gasteiger charge is 2.34. The predicted molar refractivity (Wildman–Crippen MR) is 106 cm³/mol. The van der Waals surface area contributed by atoms with E-state index >= 15 is 0 Å². The molecule has 2 amide bonds. The maximum absolute atomic E-state index is 12.9. The van der Waals surface area contributed by atoms with Crippen LogP contribution in [-0.2, 0) is 9.59 Å². The van der Waals surface area contributed by atoms with E-state index in [0.717, 1.165) is 4.90 Å². The number of phenols is 1. The van der Waals surface area contributed by atoms with E-state index in [4.69, 9.17) is 47.0 Å². The van der Waals surface area contributed by atoms with Gasteiger partial charge in [-0.1, -0.05) is 40.9 Å². The highest BCUT2D eigenvalue weighted by Crippen LogP contribution is 2.33. The predicted octanol–water partition coefficient (Wildman–Crippen LogP) is 4.18. The van der Waals surface area contributed by atoms with Crippen LogP contribution >= 0.6 is 47.0 Å². The van der Waals surface area contributed by atoms with E-state index in [-0.39, 0.29) is 32.0 Å². The molecule has 2 aromatic rings. The molecule has 1 heterocycles. The van der Waals surface area contributed by atoms with Crippen molar-refractivity contribution in [3.05, 3.63) is 62.6 Å². The van der Waals surface area contributed by atoms with Crippen LogP contribution in [0.25, 0.3) is 6.08 Å². The number of phenolic OH excluding ortho intramolecular Hbond substituents is 1. The summed E-state index contributed by atoms with van der Waals surface area (Å²) in [7, 11) is 0. The average Bonchev–Trinajstić information content (AvgIpc) is 2.55. The summed E-state index contributed by atoms with van der Waals surface area (Å²) in [4.78, 5) is 26.3. The van der Waals surface area contributed by atoms with E-state index < -0.39 is 11.8 Å². The van der Waals surface area contributed by atoms with Crippen LogP contribution < -0.4 is 10.2 Å². The zero-order chi connectivity index (χ0) is 19.0. The van der Waals surface area contributed by atoms with Gasteiger partial charge in [0.15, 0.2) is 5.11 Å². The normalized spacial score (nSPS) is 16.2. The molecule has 0 bridgehead atoms. The summed E-state index contributed by atoms with van der Waals surface area (Å²) in [5.41, 5.74) is 0.277. The number of carbonyl (C=O) groups is 2. The maximum Gasteiger partial charge on any atom is 0.270 e. The summed E-state index contributed by atoms with van der Waals surface area (Å²) < 4.78 is 0. The van der Waals surface area contributed by atoms with Gasteiger partial charge < -0.3 is 5.11 Å². The molecule has 3 rings (SSSR count). The van der Waals surface area contributed by atoms with Crippen LogP contribution in [0, 0.1) is 0 Å². The first-order valence-corrected chi connectivity index (χ1v) is 8.67. The third-order valence-electron chi connectivity index (χ3n) is 3.53. The van der Waals surface area contributed by atoms with E-state index in [2.05, 4.69) is 5.32 Å². The molecule has 0 atom stereocenters. The molecule has 9 heteroatoms. The number of amides is 2. The van der Waals surface area contributed by atoms with Crippen LogP contribution in [-0.4, -0.2) is 22.0 Å². The number of nitrogens with one attached hydrogen (secondary N) is 1. The van der Waals surface area contributed by atoms with E-state index in [0.29, 0.717) is 10.7 Å². The molecular formula is C17H9Cl3N2O3S. The zero-order valence-corrected chi connectivity index (χ0v) is 15.9. The lowest BCUT2D eigenvalue weighted by atomic mass is 10.1. The lowest BCUT2D eigenvalue weighted by Gasteiger charge is -2.29. The van der Waals surface area contributed by atoms with Crippen molar-refractivity contribution in [1.82, 2.24) is 5.32 Å². The van der Waals surface area contributed by atoms with Gasteiger partial charge in [-0.3, -0.25) is 19.8 Å². The van der Waals surface area contributed by atoms with Crippen molar-refractivity contribution in [3.8, 4) is 5.75 Å². The fraction of sp³-hybridized carbons (Fsp3) is 0. The minimum Gasteiger partial charge on any atom is -0.506 e. The van der Waals surface area contributed by atoms with E-state index in [9.17, 15) is 14.7 Å². The van der Waals surface area contributed by atoms with Gasteiger partial charge >= 0.3 is 0 Å². The fourth-order valence-corrected chi connectivity index (χ4v) is 3.33. The van der Waals surface area contributed by atoms with E-state index in [1.165, 1.54) is 24.3 Å². The fourth-order valence-electron chi connectivity index (χ4n) is 2.36. The largest absolute Gasteiger partial charge is 0.506 e. The number of halogens is 3. The van der Waals surface area contributed by atoms with Gasteiger partial charge in [0, 0.05) is 15.6 Å². The van der Waals surface area contributed by atoms with E-state index in [1.807, 2.05) is 0 Å². The van der Waals surface area contributed by atoms with Crippen molar-refractivity contribution < 1.29 is 14.7 Å². The number of benzene rings is 2. The van der Waals surface area contributed by atoms with Gasteiger partial charge in [0.1, 0.15) is 11.3 Å². The Kier molecular flexibility index (Phi) is 5.20. The SMILES string of the molecule is O=C1NC(=S)N(c2cccc(Cl)c2)C(=O)/C1=C/c1cc(Cl)cc(Cl)c1O. The first-order chi connectivity index (χ1) is 12.3. The standard InChI is InChI=1S/C17H9Cl3N2O3S/c18-9-2-1-3-11(6-9)22-16(25)12(15(24)21-17(22)26)5-8-4-10(19)7-13(20)14(8)23/h1-7,23H,(H,21,24,26)/b12-5+. The Morgan fingerprint density at radius 2 is 1.81 bits per heavy atom. The Balaban J connectivity index is 2.09. The van der Waals surface area contributed by atoms with Crippen molar-refractivity contribution in [2.75, 3.05) is 4.90 Å². The number of hydrogen-bond acceptors (Lipinski definition) is 4. The Morgan fingerprint density at radius 1 is 1.08 bits per heavy atom. The van der Waals surface area contributed by atoms with Crippen LogP contribution in [0.5, 0.6) is 5.75 Å². The van der Waals surface area contributed by atoms with Crippen molar-refractivity contribution in [1.29, 1.82) is 0 Å². The minimum atomic E-state index is -0.700. The highest BCUT2D eigenvalue weighted by molar-refractivity contribution is 7.80. The monoisotopic (exact) mass is 426 g/mol. The summed E-state index contributed by atoms with van der Waals surface area (Å²) >= 11 is 22.9. The Labute approximate surface area is 168 Å². The van der Waals surface area contributed by atoms with Crippen LogP contribution in [0.1, 0.15) is 5.56 Å². The summed E-state index contributed by atoms with van der Waals surface area (Å²) in [6, 6.07) is 9.18. The smallest absolute Gasteiger partial charge is 0.270 e. The highest BCUT2D eigenvalue weighted by atomic mass is 35.5. The van der Waals surface area contributed by atoms with E-state index in [1.54, 1.807) is 18.2 Å². The number of nitrogens with zero attached hydrogens (tertiary/aromatic N) is 1. The quantitative estimate of drug-likeness (QED) is 0.428. The Hall–Kier alpha value is -2.12. The van der Waals surface area contributed by atoms with Gasteiger partial charge in [0.25, 0.3) is 11.8 Å². The van der Waals surface area contributed by atoms with Crippen LogP contribution in [0.3, 0.4) is 0 Å². The van der Waals surface area contributed by atoms with Crippen molar-refractivity contribution in [3.63, 3.8) is 0 Å². The third-order valence-corrected chi connectivity index (χ3v) is 4.55. The number of aromatic hydroxyl groups is 1. The Bertz CT molecular complexity index is 991. The van der Waals surface area contributed by atoms with Gasteiger partial charge in [-0.2, -0.15) is 0 Å². The topological polar surface area (TPSA) is 69.6 Å². The maximum atomic E-state index is 12.9. The summed E-state index contributed by atoms with van der Waals surface area (Å²) in [6.07, 6.45) is 1.20. The average molecular weight is 428 g/mol. The van der Waals surface area contributed by atoms with Gasteiger partial charge in [-0.05, 0) is 48.6 Å². The number of anilines is 1. The Morgan fingerprint density at radius 3 is 2.50 bits per heavy atom. The molecule has 0 aromatic heterocycles. The second-order valence-corrected chi connectivity index (χ2v) is 6.93. The zero-order valence-electron chi connectivity index (χ0n) is 12.8. The molecule has 2 N–H and O–H groups in total. The minimum absolute atomic E-state index is 0.00441. The lowest BCUT2D eigenvalue weighted by molar-refractivity contribution is -0.122. The molecule has 26 heavy (non-hydrogen) atoms. The second-order valence-electron chi connectivity index (χ2n) is 5.26. The molecular weight excluding hydrogens is 419 g/mol. The van der Waals surface area contributed by atoms with Gasteiger partial charge in [0.05, 0.1) is 10.7 Å². The summed E-state index contributed by atoms with van der Waals surface area (Å²) in [5.74, 6) is -1.67. The van der Waals surface area contributed by atoms with Crippen molar-refractivity contribution in [2.24, 2.45) is 0 Å². The molecule has 1 saturated heterocycles. The molecule has 1 fully saturated rings. The lowest BCUT2D eigenvalue weighted by Crippen LogP contribution is -2.54. The molecule has 0 saturated carbocycles. The summed E-state index contributed by atoms with van der Waals surface area (Å²) in [6.45, 7) is 0. The van der Waals surface area contributed by atoms with Crippen LogP contribution in [0.2, 0.25) is 15.1 Å². The van der Waals surface area contributed by atoms with Gasteiger partial charge in [-0.25, -0.2) is 0 Å². The van der Waals surface area contributed by atoms with Crippen LogP contribution in [0.4, 0.5) is 5.69 Å². The number of hydrogen-bond donors (Lipinski definition) is 2. The molecule has 5 nitrogen and oxygen atoms in total. The van der Waals surface area contributed by atoms with Gasteiger partial charge in [0.2, 0.25) is 0 Å². The molecule has 1 aliphatic heterocycles. The number of thiocarbonyl (C=S) groups is 1. The number of rotatable bonds is 2. The van der Waals surface area contributed by atoms with Crippen molar-refractivity contribution >= 4 is 75.7 Å². The molecule has 2 aromatic carbocycles. The van der Waals surface area contributed by atoms with Gasteiger partial charge in [-0.15, -0.1) is 0 Å². The first-order valence-electron chi connectivity index (χ1n) is 7.13. The molecule has 0 spiro atoms. The summed E-state index contributed by atoms with van der Waals surface area (Å²) in [5, 5.41) is 13.1. The molecule has 132 valence electrons. The third kappa shape index (κ3) is 3.54. The molecule has 0 aliphatic carbocycles. The first kappa shape index (κ1) is 18.7. The molecule has 0 radical (unpaired) electrons.